The van der Waals surface area contributed by atoms with Gasteiger partial charge in [0.1, 0.15) is 12.1 Å². The topological polar surface area (TPSA) is 97.9 Å². The second kappa shape index (κ2) is 4.86. The zero-order valence-corrected chi connectivity index (χ0v) is 10.3. The Labute approximate surface area is 103 Å². The van der Waals surface area contributed by atoms with E-state index in [9.17, 15) is 4.79 Å². The first-order valence-corrected chi connectivity index (χ1v) is 5.41. The number of amides is 2. The molecule has 0 aromatic carbocycles. The van der Waals surface area contributed by atoms with Crippen LogP contribution < -0.4 is 10.6 Å². The van der Waals surface area contributed by atoms with E-state index in [4.69, 9.17) is 4.52 Å². The van der Waals surface area contributed by atoms with Crippen molar-refractivity contribution in [1.82, 2.24) is 25.2 Å². The lowest BCUT2D eigenvalue weighted by Crippen LogP contribution is -2.32. The molecule has 2 amide bonds. The third-order valence-electron chi connectivity index (χ3n) is 2.35. The SMILES string of the molecule is Cc1cc(NC(=O)N[C@H](C)c2nncn2C)no1. The quantitative estimate of drug-likeness (QED) is 0.846. The summed E-state index contributed by atoms with van der Waals surface area (Å²) in [5.41, 5.74) is 0. The number of rotatable bonds is 3. The fourth-order valence-corrected chi connectivity index (χ4v) is 1.52. The number of anilines is 1. The van der Waals surface area contributed by atoms with Crippen molar-refractivity contribution in [3.63, 3.8) is 0 Å². The number of hydrogen-bond donors (Lipinski definition) is 2. The largest absolute Gasteiger partial charge is 0.360 e. The molecule has 0 saturated heterocycles. The molecular formula is C10H14N6O2. The van der Waals surface area contributed by atoms with Crippen LogP contribution in [0.2, 0.25) is 0 Å². The zero-order valence-electron chi connectivity index (χ0n) is 10.3. The molecule has 0 saturated carbocycles. The molecule has 0 aliphatic heterocycles. The van der Waals surface area contributed by atoms with E-state index < -0.39 is 0 Å². The van der Waals surface area contributed by atoms with E-state index in [1.54, 1.807) is 23.9 Å². The van der Waals surface area contributed by atoms with Crippen molar-refractivity contribution < 1.29 is 9.32 Å². The van der Waals surface area contributed by atoms with Gasteiger partial charge in [-0.15, -0.1) is 10.2 Å². The van der Waals surface area contributed by atoms with Crippen LogP contribution in [0.25, 0.3) is 0 Å². The fourth-order valence-electron chi connectivity index (χ4n) is 1.52. The molecule has 0 fully saturated rings. The first-order valence-electron chi connectivity index (χ1n) is 5.41. The average Bonchev–Trinajstić information content (AvgIpc) is 2.87. The van der Waals surface area contributed by atoms with E-state index in [2.05, 4.69) is 26.0 Å². The van der Waals surface area contributed by atoms with Gasteiger partial charge in [-0.3, -0.25) is 5.32 Å². The molecule has 2 N–H and O–H groups in total. The van der Waals surface area contributed by atoms with E-state index in [1.807, 2.05) is 14.0 Å². The molecule has 0 radical (unpaired) electrons. The van der Waals surface area contributed by atoms with E-state index in [0.717, 1.165) is 0 Å². The Morgan fingerprint density at radius 2 is 2.33 bits per heavy atom. The van der Waals surface area contributed by atoms with Crippen molar-refractivity contribution >= 4 is 11.8 Å². The van der Waals surface area contributed by atoms with Crippen LogP contribution in [0.15, 0.2) is 16.9 Å². The van der Waals surface area contributed by atoms with Crippen LogP contribution in [0.1, 0.15) is 24.6 Å². The van der Waals surface area contributed by atoms with Crippen LogP contribution in [0, 0.1) is 6.92 Å². The van der Waals surface area contributed by atoms with Crippen LogP contribution >= 0.6 is 0 Å². The van der Waals surface area contributed by atoms with Crippen LogP contribution in [-0.4, -0.2) is 26.0 Å². The first kappa shape index (κ1) is 12.1. The zero-order chi connectivity index (χ0) is 13.1. The number of urea groups is 1. The Morgan fingerprint density at radius 1 is 1.56 bits per heavy atom. The minimum absolute atomic E-state index is 0.259. The summed E-state index contributed by atoms with van der Waals surface area (Å²) in [7, 11) is 1.81. The molecular weight excluding hydrogens is 236 g/mol. The van der Waals surface area contributed by atoms with Crippen molar-refractivity contribution in [2.75, 3.05) is 5.32 Å². The molecule has 2 rings (SSSR count). The van der Waals surface area contributed by atoms with Gasteiger partial charge in [0, 0.05) is 13.1 Å². The minimum Gasteiger partial charge on any atom is -0.360 e. The number of nitrogens with one attached hydrogen (secondary N) is 2. The number of carbonyl (C=O) groups is 1. The molecule has 1 atom stereocenters. The summed E-state index contributed by atoms with van der Waals surface area (Å²) in [4.78, 5) is 11.7. The van der Waals surface area contributed by atoms with E-state index in [-0.39, 0.29) is 12.1 Å². The maximum absolute atomic E-state index is 11.7. The van der Waals surface area contributed by atoms with Gasteiger partial charge < -0.3 is 14.4 Å². The van der Waals surface area contributed by atoms with Crippen LogP contribution in [-0.2, 0) is 7.05 Å². The summed E-state index contributed by atoms with van der Waals surface area (Å²) in [6.07, 6.45) is 1.58. The minimum atomic E-state index is -0.376. The fraction of sp³-hybridized carbons (Fsp3) is 0.400. The van der Waals surface area contributed by atoms with Gasteiger partial charge >= 0.3 is 6.03 Å². The average molecular weight is 250 g/mol. The second-order valence-electron chi connectivity index (χ2n) is 3.94. The molecule has 8 nitrogen and oxygen atoms in total. The smallest absolute Gasteiger partial charge is 0.321 e. The number of aryl methyl sites for hydroxylation is 2. The van der Waals surface area contributed by atoms with E-state index >= 15 is 0 Å². The molecule has 2 heterocycles. The highest BCUT2D eigenvalue weighted by molar-refractivity contribution is 5.88. The van der Waals surface area contributed by atoms with Gasteiger partial charge in [-0.25, -0.2) is 4.79 Å². The van der Waals surface area contributed by atoms with Crippen molar-refractivity contribution in [2.45, 2.75) is 19.9 Å². The third-order valence-corrected chi connectivity index (χ3v) is 2.35. The third kappa shape index (κ3) is 2.65. The first-order chi connectivity index (χ1) is 8.56. The van der Waals surface area contributed by atoms with Gasteiger partial charge in [-0.05, 0) is 13.8 Å². The molecule has 0 aliphatic rings. The molecule has 96 valence electrons. The number of carbonyl (C=O) groups excluding carboxylic acids is 1. The summed E-state index contributed by atoms with van der Waals surface area (Å²) in [6, 6.07) is 0.997. The molecule has 2 aromatic rings. The normalized spacial score (nSPS) is 12.2. The molecule has 8 heteroatoms. The summed E-state index contributed by atoms with van der Waals surface area (Å²) in [5, 5.41) is 16.6. The number of nitrogens with zero attached hydrogens (tertiary/aromatic N) is 4. The van der Waals surface area contributed by atoms with Crippen LogP contribution in [0.3, 0.4) is 0 Å². The second-order valence-corrected chi connectivity index (χ2v) is 3.94. The molecule has 0 unspecified atom stereocenters. The van der Waals surface area contributed by atoms with Gasteiger partial charge in [0.2, 0.25) is 0 Å². The lowest BCUT2D eigenvalue weighted by atomic mass is 10.3. The van der Waals surface area contributed by atoms with E-state index in [1.165, 1.54) is 0 Å². The Kier molecular flexibility index (Phi) is 3.26. The molecule has 18 heavy (non-hydrogen) atoms. The van der Waals surface area contributed by atoms with Gasteiger partial charge in [-0.1, -0.05) is 5.16 Å². The Balaban J connectivity index is 1.93. The van der Waals surface area contributed by atoms with Crippen LogP contribution in [0.5, 0.6) is 0 Å². The monoisotopic (exact) mass is 250 g/mol. The molecule has 0 bridgehead atoms. The Hall–Kier alpha value is -2.38. The van der Waals surface area contributed by atoms with Crippen molar-refractivity contribution in [3.05, 3.63) is 24.0 Å². The van der Waals surface area contributed by atoms with Crippen LogP contribution in [0.4, 0.5) is 10.6 Å². The maximum atomic E-state index is 11.7. The standard InChI is InChI=1S/C10H14N6O2/c1-6-4-8(15-18-6)13-10(17)12-7(2)9-14-11-5-16(9)3/h4-5,7H,1-3H3,(H2,12,13,15,17)/t7-/m1/s1. The predicted octanol–water partition coefficient (Wildman–Crippen LogP) is 0.994. The Morgan fingerprint density at radius 3 is 2.89 bits per heavy atom. The van der Waals surface area contributed by atoms with Gasteiger partial charge in [0.25, 0.3) is 0 Å². The Bertz CT molecular complexity index is 546. The van der Waals surface area contributed by atoms with Crippen molar-refractivity contribution in [1.29, 1.82) is 0 Å². The summed E-state index contributed by atoms with van der Waals surface area (Å²) < 4.78 is 6.58. The molecule has 0 spiro atoms. The lowest BCUT2D eigenvalue weighted by molar-refractivity contribution is 0.248. The molecule has 2 aromatic heterocycles. The highest BCUT2D eigenvalue weighted by Gasteiger charge is 2.14. The predicted molar refractivity (Wildman–Crippen MR) is 62.8 cm³/mol. The molecule has 0 aliphatic carbocycles. The number of hydrogen-bond acceptors (Lipinski definition) is 5. The van der Waals surface area contributed by atoms with Gasteiger partial charge in [0.05, 0.1) is 6.04 Å². The lowest BCUT2D eigenvalue weighted by Gasteiger charge is -2.12. The highest BCUT2D eigenvalue weighted by Crippen LogP contribution is 2.09. The van der Waals surface area contributed by atoms with E-state index in [0.29, 0.717) is 17.4 Å². The van der Waals surface area contributed by atoms with Crippen molar-refractivity contribution in [3.8, 4) is 0 Å². The maximum Gasteiger partial charge on any atom is 0.321 e. The van der Waals surface area contributed by atoms with Gasteiger partial charge in [-0.2, -0.15) is 0 Å². The summed E-state index contributed by atoms with van der Waals surface area (Å²) in [6.45, 7) is 3.57. The van der Waals surface area contributed by atoms with Crippen molar-refractivity contribution in [2.24, 2.45) is 7.05 Å². The summed E-state index contributed by atoms with van der Waals surface area (Å²) in [5.74, 6) is 1.67. The van der Waals surface area contributed by atoms with Gasteiger partial charge in [0.15, 0.2) is 11.6 Å². The summed E-state index contributed by atoms with van der Waals surface area (Å²) >= 11 is 0. The number of aromatic nitrogens is 4. The highest BCUT2D eigenvalue weighted by atomic mass is 16.5.